The van der Waals surface area contributed by atoms with Gasteiger partial charge in [0.25, 0.3) is 0 Å². The molecule has 7 atom stereocenters. The van der Waals surface area contributed by atoms with E-state index < -0.39 is 66.5 Å². The molecule has 0 radical (unpaired) electrons. The lowest BCUT2D eigenvalue weighted by Crippen LogP contribution is -2.60. The summed E-state index contributed by atoms with van der Waals surface area (Å²) in [5.74, 6) is -4.18. The molecule has 0 rings (SSSR count). The van der Waals surface area contributed by atoms with Crippen LogP contribution in [0.15, 0.2) is 0 Å². The second-order valence-corrected chi connectivity index (χ2v) is 7.59. The Balaban J connectivity index is 5.34. The van der Waals surface area contributed by atoms with Crippen molar-refractivity contribution in [3.05, 3.63) is 0 Å². The Morgan fingerprint density at radius 2 is 1.33 bits per heavy atom. The van der Waals surface area contributed by atoms with Crippen LogP contribution in [-0.4, -0.2) is 75.9 Å². The van der Waals surface area contributed by atoms with E-state index in [0.29, 0.717) is 12.8 Å². The van der Waals surface area contributed by atoms with E-state index in [2.05, 4.69) is 16.0 Å². The number of hydrogen-bond donors (Lipinski definition) is 7. The van der Waals surface area contributed by atoms with E-state index in [0.717, 1.165) is 0 Å². The van der Waals surface area contributed by atoms with Crippen molar-refractivity contribution in [1.82, 2.24) is 16.0 Å². The second-order valence-electron chi connectivity index (χ2n) is 7.59. The molecule has 7 unspecified atom stereocenters. The van der Waals surface area contributed by atoms with E-state index in [1.54, 1.807) is 20.8 Å². The van der Waals surface area contributed by atoms with E-state index in [1.165, 1.54) is 6.92 Å². The van der Waals surface area contributed by atoms with Gasteiger partial charge in [-0.25, -0.2) is 4.79 Å². The first-order valence-electron chi connectivity index (χ1n) is 10.1. The van der Waals surface area contributed by atoms with Gasteiger partial charge in [0, 0.05) is 0 Å². The molecular weight excluding hydrogens is 396 g/mol. The van der Waals surface area contributed by atoms with Crippen LogP contribution in [0.4, 0.5) is 0 Å². The topological polar surface area (TPSA) is 191 Å². The highest BCUT2D eigenvalue weighted by molar-refractivity contribution is 5.94. The minimum absolute atomic E-state index is 0.139. The van der Waals surface area contributed by atoms with Gasteiger partial charge in [0.2, 0.25) is 17.7 Å². The molecule has 0 aliphatic carbocycles. The standard InChI is InChI=1S/C19H36N4O7/c1-6-9(3)13(20)17(27)21-12(8-24)16(26)22-14(10(4)7-2)18(28)23-15(11(5)25)19(29)30/h9-15,24-25H,6-8,20H2,1-5H3,(H,21,27)(H,22,26)(H,23,28)(H,29,30). The maximum Gasteiger partial charge on any atom is 0.328 e. The minimum Gasteiger partial charge on any atom is -0.480 e. The SMILES string of the molecule is CCC(C)C(N)C(=O)NC(CO)C(=O)NC(C(=O)NC(C(=O)O)C(C)O)C(C)CC. The molecular formula is C19H36N4O7. The zero-order valence-corrected chi connectivity index (χ0v) is 18.2. The molecule has 0 aromatic rings. The maximum atomic E-state index is 12.6. The Bertz CT molecular complexity index is 599. The quantitative estimate of drug-likeness (QED) is 0.179. The summed E-state index contributed by atoms with van der Waals surface area (Å²) in [4.78, 5) is 48.6. The van der Waals surface area contributed by atoms with Crippen LogP contribution >= 0.6 is 0 Å². The molecule has 174 valence electrons. The molecule has 0 fully saturated rings. The number of nitrogens with one attached hydrogen (secondary N) is 3. The van der Waals surface area contributed by atoms with Gasteiger partial charge in [0.05, 0.1) is 18.8 Å². The number of carbonyl (C=O) groups is 4. The van der Waals surface area contributed by atoms with Crippen molar-refractivity contribution in [3.63, 3.8) is 0 Å². The van der Waals surface area contributed by atoms with Crippen LogP contribution in [0.25, 0.3) is 0 Å². The van der Waals surface area contributed by atoms with Crippen molar-refractivity contribution in [2.45, 2.75) is 77.7 Å². The number of rotatable bonds is 13. The Labute approximate surface area is 176 Å². The molecule has 0 aromatic carbocycles. The molecule has 0 spiro atoms. The highest BCUT2D eigenvalue weighted by Gasteiger charge is 2.34. The summed E-state index contributed by atoms with van der Waals surface area (Å²) in [6.07, 6.45) is -0.236. The molecule has 0 saturated heterocycles. The zero-order valence-electron chi connectivity index (χ0n) is 18.2. The number of aliphatic carboxylic acids is 1. The average Bonchev–Trinajstić information content (AvgIpc) is 2.70. The molecule has 0 heterocycles. The molecule has 0 aliphatic heterocycles. The highest BCUT2D eigenvalue weighted by Crippen LogP contribution is 2.10. The van der Waals surface area contributed by atoms with Gasteiger partial charge in [-0.2, -0.15) is 0 Å². The molecule has 3 amide bonds. The predicted octanol–water partition coefficient (Wildman–Crippen LogP) is -1.68. The van der Waals surface area contributed by atoms with Crippen LogP contribution in [-0.2, 0) is 19.2 Å². The summed E-state index contributed by atoms with van der Waals surface area (Å²) in [7, 11) is 0. The number of aliphatic hydroxyl groups is 2. The van der Waals surface area contributed by atoms with Gasteiger partial charge in [-0.15, -0.1) is 0 Å². The normalized spacial score (nSPS) is 18.1. The molecule has 30 heavy (non-hydrogen) atoms. The summed E-state index contributed by atoms with van der Waals surface area (Å²) >= 11 is 0. The number of amides is 3. The van der Waals surface area contributed by atoms with Crippen LogP contribution in [0.1, 0.15) is 47.5 Å². The Morgan fingerprint density at radius 1 is 0.833 bits per heavy atom. The van der Waals surface area contributed by atoms with E-state index in [-0.39, 0.29) is 5.92 Å². The summed E-state index contributed by atoms with van der Waals surface area (Å²) in [5.41, 5.74) is 5.84. The largest absolute Gasteiger partial charge is 0.480 e. The summed E-state index contributed by atoms with van der Waals surface area (Å²) < 4.78 is 0. The van der Waals surface area contributed by atoms with E-state index >= 15 is 0 Å². The van der Waals surface area contributed by atoms with Crippen molar-refractivity contribution >= 4 is 23.7 Å². The lowest BCUT2D eigenvalue weighted by atomic mass is 9.97. The molecule has 0 saturated carbocycles. The Kier molecular flexibility index (Phi) is 12.2. The molecule has 0 aliphatic rings. The van der Waals surface area contributed by atoms with Crippen molar-refractivity contribution in [2.24, 2.45) is 17.6 Å². The van der Waals surface area contributed by atoms with Crippen molar-refractivity contribution < 1.29 is 34.5 Å². The lowest BCUT2D eigenvalue weighted by molar-refractivity contribution is -0.145. The van der Waals surface area contributed by atoms with Crippen molar-refractivity contribution in [1.29, 1.82) is 0 Å². The smallest absolute Gasteiger partial charge is 0.328 e. The predicted molar refractivity (Wildman–Crippen MR) is 109 cm³/mol. The monoisotopic (exact) mass is 432 g/mol. The average molecular weight is 433 g/mol. The van der Waals surface area contributed by atoms with Gasteiger partial charge in [0.1, 0.15) is 12.1 Å². The summed E-state index contributed by atoms with van der Waals surface area (Å²) in [6.45, 7) is 7.59. The number of aliphatic hydroxyl groups excluding tert-OH is 2. The van der Waals surface area contributed by atoms with Gasteiger partial charge in [-0.1, -0.05) is 40.5 Å². The number of hydrogen-bond acceptors (Lipinski definition) is 7. The number of carboxylic acids is 1. The van der Waals surface area contributed by atoms with E-state index in [1.807, 2.05) is 6.92 Å². The van der Waals surface area contributed by atoms with Crippen LogP contribution in [0.2, 0.25) is 0 Å². The maximum absolute atomic E-state index is 12.6. The minimum atomic E-state index is -1.55. The Hall–Kier alpha value is -2.24. The third kappa shape index (κ3) is 8.25. The van der Waals surface area contributed by atoms with Gasteiger partial charge < -0.3 is 37.0 Å². The fourth-order valence-corrected chi connectivity index (χ4v) is 2.56. The van der Waals surface area contributed by atoms with Gasteiger partial charge in [-0.05, 0) is 18.8 Å². The molecule has 8 N–H and O–H groups in total. The van der Waals surface area contributed by atoms with Crippen molar-refractivity contribution in [3.8, 4) is 0 Å². The van der Waals surface area contributed by atoms with E-state index in [4.69, 9.17) is 10.8 Å². The fourth-order valence-electron chi connectivity index (χ4n) is 2.56. The van der Waals surface area contributed by atoms with Crippen LogP contribution in [0, 0.1) is 11.8 Å². The van der Waals surface area contributed by atoms with Crippen LogP contribution in [0.5, 0.6) is 0 Å². The van der Waals surface area contributed by atoms with Gasteiger partial charge in [-0.3, -0.25) is 14.4 Å². The first kappa shape index (κ1) is 27.8. The van der Waals surface area contributed by atoms with Gasteiger partial charge in [0.15, 0.2) is 6.04 Å². The number of nitrogens with two attached hydrogens (primary N) is 1. The molecule has 11 nitrogen and oxygen atoms in total. The summed E-state index contributed by atoms with van der Waals surface area (Å²) in [5, 5.41) is 35.2. The molecule has 0 aromatic heterocycles. The second kappa shape index (κ2) is 13.1. The summed E-state index contributed by atoms with van der Waals surface area (Å²) in [6, 6.07) is -4.90. The third-order valence-corrected chi connectivity index (χ3v) is 5.21. The van der Waals surface area contributed by atoms with E-state index in [9.17, 15) is 29.4 Å². The highest BCUT2D eigenvalue weighted by atomic mass is 16.4. The molecule has 11 heteroatoms. The zero-order chi connectivity index (χ0) is 23.6. The molecule has 0 bridgehead atoms. The first-order chi connectivity index (χ1) is 13.9. The fraction of sp³-hybridized carbons (Fsp3) is 0.789. The number of carboxylic acid groups (broad SMARTS) is 1. The van der Waals surface area contributed by atoms with Gasteiger partial charge >= 0.3 is 5.97 Å². The Morgan fingerprint density at radius 3 is 1.73 bits per heavy atom. The van der Waals surface area contributed by atoms with Crippen LogP contribution in [0.3, 0.4) is 0 Å². The number of carbonyl (C=O) groups excluding carboxylic acids is 3. The van der Waals surface area contributed by atoms with Crippen LogP contribution < -0.4 is 21.7 Å². The first-order valence-corrected chi connectivity index (χ1v) is 10.1. The lowest BCUT2D eigenvalue weighted by Gasteiger charge is -2.28. The van der Waals surface area contributed by atoms with Crippen molar-refractivity contribution in [2.75, 3.05) is 6.61 Å². The third-order valence-electron chi connectivity index (χ3n) is 5.21.